The number of benzene rings is 3. The molecule has 3 aromatic rings. The van der Waals surface area contributed by atoms with Gasteiger partial charge in [-0.2, -0.15) is 0 Å². The molecular weight excluding hydrogens is 312 g/mol. The van der Waals surface area contributed by atoms with Crippen LogP contribution in [0.3, 0.4) is 0 Å². The van der Waals surface area contributed by atoms with Crippen LogP contribution in [0.15, 0.2) is 66.7 Å². The Labute approximate surface area is 147 Å². The summed E-state index contributed by atoms with van der Waals surface area (Å²) in [5.41, 5.74) is 5.79. The third-order valence-electron chi connectivity index (χ3n) is 3.79. The molecular formula is C21H20N2O2. The van der Waals surface area contributed by atoms with E-state index in [-0.39, 0.29) is 5.56 Å². The molecule has 0 aliphatic carbocycles. The summed E-state index contributed by atoms with van der Waals surface area (Å²) in [7, 11) is 0. The highest BCUT2D eigenvalue weighted by Gasteiger charge is 2.08. The lowest BCUT2D eigenvalue weighted by Crippen LogP contribution is -2.01. The number of hydrogen-bond acceptors (Lipinski definition) is 3. The molecule has 0 saturated heterocycles. The maximum atomic E-state index is 11.5. The number of aromatic carboxylic acids is 1. The minimum atomic E-state index is -0.958. The van der Waals surface area contributed by atoms with Gasteiger partial charge in [0.1, 0.15) is 0 Å². The van der Waals surface area contributed by atoms with E-state index >= 15 is 0 Å². The van der Waals surface area contributed by atoms with Crippen LogP contribution in [-0.4, -0.2) is 11.1 Å². The summed E-state index contributed by atoms with van der Waals surface area (Å²) in [4.78, 5) is 11.5. The fraction of sp³-hybridized carbons (Fsp3) is 0.0952. The molecule has 0 saturated carbocycles. The van der Waals surface area contributed by atoms with Crippen LogP contribution in [-0.2, 0) is 0 Å². The Hall–Kier alpha value is -3.27. The van der Waals surface area contributed by atoms with E-state index in [1.165, 1.54) is 0 Å². The van der Waals surface area contributed by atoms with Crippen LogP contribution >= 0.6 is 0 Å². The average Bonchev–Trinajstić information content (AvgIpc) is 2.54. The van der Waals surface area contributed by atoms with Crippen molar-refractivity contribution in [3.63, 3.8) is 0 Å². The van der Waals surface area contributed by atoms with Crippen molar-refractivity contribution >= 4 is 28.7 Å². The molecule has 4 heteroatoms. The van der Waals surface area contributed by atoms with Crippen molar-refractivity contribution in [1.29, 1.82) is 0 Å². The first-order chi connectivity index (χ1) is 12.0. The quantitative estimate of drug-likeness (QED) is 0.578. The third kappa shape index (κ3) is 4.38. The van der Waals surface area contributed by atoms with Gasteiger partial charge < -0.3 is 15.7 Å². The van der Waals surface area contributed by atoms with E-state index in [0.29, 0.717) is 0 Å². The van der Waals surface area contributed by atoms with E-state index < -0.39 is 5.97 Å². The monoisotopic (exact) mass is 332 g/mol. The summed E-state index contributed by atoms with van der Waals surface area (Å²) in [6.07, 6.45) is 0. The second-order valence-electron chi connectivity index (χ2n) is 6.09. The Morgan fingerprint density at radius 3 is 1.60 bits per heavy atom. The Morgan fingerprint density at radius 1 is 0.720 bits per heavy atom. The zero-order valence-corrected chi connectivity index (χ0v) is 14.2. The third-order valence-corrected chi connectivity index (χ3v) is 3.79. The van der Waals surface area contributed by atoms with Gasteiger partial charge in [-0.25, -0.2) is 4.79 Å². The largest absolute Gasteiger partial charge is 0.478 e. The Balaban J connectivity index is 1.93. The lowest BCUT2D eigenvalue weighted by molar-refractivity contribution is 0.0697. The molecule has 0 aliphatic heterocycles. The number of aryl methyl sites for hydroxylation is 2. The van der Waals surface area contributed by atoms with Gasteiger partial charge in [0.05, 0.1) is 5.56 Å². The van der Waals surface area contributed by atoms with E-state index in [9.17, 15) is 9.90 Å². The number of hydrogen-bond donors (Lipinski definition) is 3. The molecule has 0 unspecified atom stereocenters. The summed E-state index contributed by atoms with van der Waals surface area (Å²) in [6, 6.07) is 21.1. The summed E-state index contributed by atoms with van der Waals surface area (Å²) >= 11 is 0. The van der Waals surface area contributed by atoms with Crippen LogP contribution in [0.2, 0.25) is 0 Å². The van der Waals surface area contributed by atoms with E-state index in [4.69, 9.17) is 0 Å². The normalized spacial score (nSPS) is 10.3. The molecule has 0 aliphatic rings. The van der Waals surface area contributed by atoms with Gasteiger partial charge in [-0.05, 0) is 67.4 Å². The molecule has 3 N–H and O–H groups in total. The SMILES string of the molecule is Cc1cccc(Nc2cc(Nc3cccc(C)c3)cc(C(=O)O)c2)c1. The number of rotatable bonds is 5. The number of nitrogens with one attached hydrogen (secondary N) is 2. The summed E-state index contributed by atoms with van der Waals surface area (Å²) in [5.74, 6) is -0.958. The van der Waals surface area contributed by atoms with Crippen molar-refractivity contribution in [1.82, 2.24) is 0 Å². The maximum Gasteiger partial charge on any atom is 0.335 e. The van der Waals surface area contributed by atoms with Gasteiger partial charge in [-0.1, -0.05) is 24.3 Å². The molecule has 3 rings (SSSR count). The molecule has 25 heavy (non-hydrogen) atoms. The van der Waals surface area contributed by atoms with Gasteiger partial charge in [-0.3, -0.25) is 0 Å². The van der Waals surface area contributed by atoms with Crippen molar-refractivity contribution < 1.29 is 9.90 Å². The van der Waals surface area contributed by atoms with Gasteiger partial charge >= 0.3 is 5.97 Å². The van der Waals surface area contributed by atoms with Crippen molar-refractivity contribution in [2.45, 2.75) is 13.8 Å². The van der Waals surface area contributed by atoms with E-state index in [2.05, 4.69) is 10.6 Å². The van der Waals surface area contributed by atoms with Gasteiger partial charge in [0, 0.05) is 22.7 Å². The highest BCUT2D eigenvalue weighted by molar-refractivity contribution is 5.91. The van der Waals surface area contributed by atoms with Gasteiger partial charge in [0.2, 0.25) is 0 Å². The average molecular weight is 332 g/mol. The summed E-state index contributed by atoms with van der Waals surface area (Å²) < 4.78 is 0. The van der Waals surface area contributed by atoms with Gasteiger partial charge in [0.15, 0.2) is 0 Å². The molecule has 3 aromatic carbocycles. The molecule has 0 spiro atoms. The fourth-order valence-electron chi connectivity index (χ4n) is 2.67. The minimum absolute atomic E-state index is 0.229. The lowest BCUT2D eigenvalue weighted by Gasteiger charge is -2.13. The number of carbonyl (C=O) groups is 1. The van der Waals surface area contributed by atoms with Crippen molar-refractivity contribution in [3.8, 4) is 0 Å². The van der Waals surface area contributed by atoms with E-state index in [1.807, 2.05) is 68.4 Å². The standard InChI is InChI=1S/C21H20N2O2/c1-14-5-3-7-17(9-14)22-19-11-16(21(24)25)12-20(13-19)23-18-8-4-6-15(2)10-18/h3-13,22-23H,1-2H3,(H,24,25). The van der Waals surface area contributed by atoms with Gasteiger partial charge in [-0.15, -0.1) is 0 Å². The van der Waals surface area contributed by atoms with Crippen LogP contribution in [0.5, 0.6) is 0 Å². The maximum absolute atomic E-state index is 11.5. The van der Waals surface area contributed by atoms with E-state index in [1.54, 1.807) is 12.1 Å². The van der Waals surface area contributed by atoms with Crippen LogP contribution < -0.4 is 10.6 Å². The van der Waals surface area contributed by atoms with Crippen molar-refractivity contribution in [2.75, 3.05) is 10.6 Å². The zero-order chi connectivity index (χ0) is 17.8. The van der Waals surface area contributed by atoms with Crippen molar-refractivity contribution in [3.05, 3.63) is 83.4 Å². The van der Waals surface area contributed by atoms with Crippen LogP contribution in [0.1, 0.15) is 21.5 Å². The first kappa shape index (κ1) is 16.6. The molecule has 0 radical (unpaired) electrons. The highest BCUT2D eigenvalue weighted by atomic mass is 16.4. The number of anilines is 4. The van der Waals surface area contributed by atoms with Gasteiger partial charge in [0.25, 0.3) is 0 Å². The first-order valence-electron chi connectivity index (χ1n) is 8.05. The number of carboxylic acids is 1. The van der Waals surface area contributed by atoms with Crippen LogP contribution in [0, 0.1) is 13.8 Å². The highest BCUT2D eigenvalue weighted by Crippen LogP contribution is 2.26. The Morgan fingerprint density at radius 2 is 1.20 bits per heavy atom. The topological polar surface area (TPSA) is 61.4 Å². The molecule has 0 atom stereocenters. The first-order valence-corrected chi connectivity index (χ1v) is 8.05. The van der Waals surface area contributed by atoms with Crippen LogP contribution in [0.4, 0.5) is 22.7 Å². The molecule has 0 fully saturated rings. The second kappa shape index (κ2) is 7.09. The Kier molecular flexibility index (Phi) is 4.70. The van der Waals surface area contributed by atoms with E-state index in [0.717, 1.165) is 33.9 Å². The Bertz CT molecular complexity index is 854. The summed E-state index contributed by atoms with van der Waals surface area (Å²) in [6.45, 7) is 4.03. The second-order valence-corrected chi connectivity index (χ2v) is 6.09. The zero-order valence-electron chi connectivity index (χ0n) is 14.2. The molecule has 0 amide bonds. The minimum Gasteiger partial charge on any atom is -0.478 e. The van der Waals surface area contributed by atoms with Crippen LogP contribution in [0.25, 0.3) is 0 Å². The molecule has 126 valence electrons. The lowest BCUT2D eigenvalue weighted by atomic mass is 10.1. The van der Waals surface area contributed by atoms with Crippen molar-refractivity contribution in [2.24, 2.45) is 0 Å². The molecule has 4 nitrogen and oxygen atoms in total. The fourth-order valence-corrected chi connectivity index (χ4v) is 2.67. The molecule has 0 aromatic heterocycles. The predicted octanol–water partition coefficient (Wildman–Crippen LogP) is 5.49. The number of carboxylic acid groups (broad SMARTS) is 1. The molecule has 0 bridgehead atoms. The predicted molar refractivity (Wildman–Crippen MR) is 102 cm³/mol. The summed E-state index contributed by atoms with van der Waals surface area (Å²) in [5, 5.41) is 15.9. The molecule has 0 heterocycles. The smallest absolute Gasteiger partial charge is 0.335 e.